The highest BCUT2D eigenvalue weighted by molar-refractivity contribution is 6.32. The van der Waals surface area contributed by atoms with E-state index < -0.39 is 0 Å². The number of nitrogens with one attached hydrogen (secondary N) is 1. The van der Waals surface area contributed by atoms with Crippen molar-refractivity contribution < 1.29 is 13.9 Å². The molecule has 2 heterocycles. The van der Waals surface area contributed by atoms with Crippen LogP contribution in [0.5, 0.6) is 5.75 Å². The predicted octanol–water partition coefficient (Wildman–Crippen LogP) is 3.04. The van der Waals surface area contributed by atoms with E-state index in [0.717, 1.165) is 18.8 Å². The molecule has 0 saturated carbocycles. The summed E-state index contributed by atoms with van der Waals surface area (Å²) in [6.07, 6.45) is 4.64. The molecule has 2 aromatic rings. The monoisotopic (exact) mass is 339 g/mol. The summed E-state index contributed by atoms with van der Waals surface area (Å²) in [6.45, 7) is 1.99. The highest BCUT2D eigenvalue weighted by Crippen LogP contribution is 2.31. The van der Waals surface area contributed by atoms with Crippen LogP contribution in [0.15, 0.2) is 30.6 Å². The van der Waals surface area contributed by atoms with E-state index in [4.69, 9.17) is 21.1 Å². The Balaban J connectivity index is 1.59. The molecule has 124 valence electrons. The summed E-state index contributed by atoms with van der Waals surface area (Å²) in [6, 6.07) is 4.31. The Kier molecular flexibility index (Phi) is 5.15. The molecule has 1 aliphatic rings. The zero-order valence-corrected chi connectivity index (χ0v) is 13.6. The lowest BCUT2D eigenvalue weighted by atomic mass is 10.2. The number of hydrogen-bond acceptors (Lipinski definition) is 4. The quantitative estimate of drug-likeness (QED) is 0.879. The van der Waals surface area contributed by atoms with Gasteiger partial charge in [-0.05, 0) is 24.6 Å². The van der Waals surface area contributed by atoms with E-state index in [9.17, 15) is 4.39 Å². The maximum Gasteiger partial charge on any atom is 0.138 e. The second kappa shape index (κ2) is 7.29. The molecular formula is C16H19ClFN3O2. The summed E-state index contributed by atoms with van der Waals surface area (Å²) in [5, 5.41) is 0.281. The summed E-state index contributed by atoms with van der Waals surface area (Å²) < 4.78 is 24.2. The van der Waals surface area contributed by atoms with Crippen molar-refractivity contribution in [2.75, 3.05) is 26.8 Å². The largest absolute Gasteiger partial charge is 0.491 e. The van der Waals surface area contributed by atoms with Crippen molar-refractivity contribution in [2.24, 2.45) is 0 Å². The van der Waals surface area contributed by atoms with Gasteiger partial charge in [0.25, 0.3) is 0 Å². The average Bonchev–Trinajstić information content (AvgIpc) is 3.18. The van der Waals surface area contributed by atoms with Gasteiger partial charge in [-0.3, -0.25) is 4.90 Å². The van der Waals surface area contributed by atoms with E-state index in [0.29, 0.717) is 18.9 Å². The van der Waals surface area contributed by atoms with Gasteiger partial charge >= 0.3 is 0 Å². The molecule has 0 amide bonds. The molecule has 0 radical (unpaired) electrons. The first-order valence-corrected chi connectivity index (χ1v) is 7.89. The minimum atomic E-state index is -0.372. The molecule has 1 aliphatic heterocycles. The van der Waals surface area contributed by atoms with E-state index in [1.165, 1.54) is 12.1 Å². The van der Waals surface area contributed by atoms with Gasteiger partial charge in [0.2, 0.25) is 0 Å². The third kappa shape index (κ3) is 3.83. The van der Waals surface area contributed by atoms with Crippen molar-refractivity contribution in [2.45, 2.75) is 18.6 Å². The molecule has 7 heteroatoms. The van der Waals surface area contributed by atoms with Crippen LogP contribution in [0.2, 0.25) is 5.02 Å². The number of hydrogen-bond donors (Lipinski definition) is 1. The topological polar surface area (TPSA) is 50.4 Å². The second-order valence-electron chi connectivity index (χ2n) is 5.50. The lowest BCUT2D eigenvalue weighted by Gasteiger charge is -2.22. The van der Waals surface area contributed by atoms with Crippen molar-refractivity contribution in [3.63, 3.8) is 0 Å². The van der Waals surface area contributed by atoms with Crippen LogP contribution in [0.3, 0.4) is 0 Å². The van der Waals surface area contributed by atoms with Gasteiger partial charge in [-0.1, -0.05) is 11.6 Å². The molecule has 0 spiro atoms. The fourth-order valence-electron chi connectivity index (χ4n) is 2.89. The zero-order valence-electron chi connectivity index (χ0n) is 12.8. The first-order chi connectivity index (χ1) is 11.2. The second-order valence-corrected chi connectivity index (χ2v) is 5.91. The first kappa shape index (κ1) is 16.2. The van der Waals surface area contributed by atoms with Crippen molar-refractivity contribution in [1.82, 2.24) is 14.9 Å². The SMILES string of the molecule is CO[C@@H]1CC(c2ncc[nH]2)N(CCOc2ccc(F)cc2Cl)C1. The van der Waals surface area contributed by atoms with Crippen LogP contribution in [0.1, 0.15) is 18.3 Å². The van der Waals surface area contributed by atoms with Gasteiger partial charge in [0, 0.05) is 32.6 Å². The van der Waals surface area contributed by atoms with Gasteiger partial charge in [-0.25, -0.2) is 9.37 Å². The summed E-state index contributed by atoms with van der Waals surface area (Å²) >= 11 is 5.97. The molecule has 23 heavy (non-hydrogen) atoms. The van der Waals surface area contributed by atoms with Gasteiger partial charge < -0.3 is 14.5 Å². The Hall–Kier alpha value is -1.63. The smallest absolute Gasteiger partial charge is 0.138 e. The highest BCUT2D eigenvalue weighted by atomic mass is 35.5. The molecule has 1 aromatic carbocycles. The third-order valence-electron chi connectivity index (χ3n) is 4.06. The molecule has 1 aromatic heterocycles. The number of halogens is 2. The van der Waals surface area contributed by atoms with Gasteiger partial charge in [0.05, 0.1) is 17.2 Å². The zero-order chi connectivity index (χ0) is 16.2. The molecular weight excluding hydrogens is 321 g/mol. The number of nitrogens with zero attached hydrogens (tertiary/aromatic N) is 2. The van der Waals surface area contributed by atoms with Crippen LogP contribution in [0, 0.1) is 5.82 Å². The lowest BCUT2D eigenvalue weighted by molar-refractivity contribution is 0.105. The normalized spacial score (nSPS) is 21.7. The standard InChI is InChI=1S/C16H19ClFN3O2/c1-22-12-9-14(16-19-4-5-20-16)21(10-12)6-7-23-15-3-2-11(18)8-13(15)17/h2-5,8,12,14H,6-7,9-10H2,1H3,(H,19,20)/t12-,14?/m1/s1. The lowest BCUT2D eigenvalue weighted by Crippen LogP contribution is -2.30. The van der Waals surface area contributed by atoms with E-state index in [1.54, 1.807) is 19.4 Å². The number of imidazole rings is 1. The van der Waals surface area contributed by atoms with E-state index in [2.05, 4.69) is 14.9 Å². The Labute approximate surface area is 139 Å². The number of aromatic nitrogens is 2. The van der Waals surface area contributed by atoms with Crippen LogP contribution >= 0.6 is 11.6 Å². The Morgan fingerprint density at radius 1 is 1.48 bits per heavy atom. The Bertz CT molecular complexity index is 638. The summed E-state index contributed by atoms with van der Waals surface area (Å²) in [4.78, 5) is 9.78. The maximum atomic E-state index is 13.0. The van der Waals surface area contributed by atoms with Crippen LogP contribution in [-0.2, 0) is 4.74 Å². The number of rotatable bonds is 6. The predicted molar refractivity (Wildman–Crippen MR) is 85.2 cm³/mol. The van der Waals surface area contributed by atoms with Gasteiger partial charge in [-0.15, -0.1) is 0 Å². The number of H-pyrrole nitrogens is 1. The molecule has 1 unspecified atom stereocenters. The molecule has 1 fully saturated rings. The van der Waals surface area contributed by atoms with Gasteiger partial charge in [-0.2, -0.15) is 0 Å². The number of aromatic amines is 1. The number of likely N-dealkylation sites (tertiary alicyclic amines) is 1. The summed E-state index contributed by atoms with van der Waals surface area (Å²) in [5.74, 6) is 1.05. The van der Waals surface area contributed by atoms with Crippen LogP contribution in [-0.4, -0.2) is 47.8 Å². The molecule has 3 rings (SSSR count). The first-order valence-electron chi connectivity index (χ1n) is 7.51. The van der Waals surface area contributed by atoms with Gasteiger partial charge in [0.15, 0.2) is 0 Å². The number of ether oxygens (including phenoxy) is 2. The van der Waals surface area contributed by atoms with Crippen LogP contribution < -0.4 is 4.74 Å². The van der Waals surface area contributed by atoms with Crippen LogP contribution in [0.4, 0.5) is 4.39 Å². The number of benzene rings is 1. The average molecular weight is 340 g/mol. The van der Waals surface area contributed by atoms with Crippen LogP contribution in [0.25, 0.3) is 0 Å². The van der Waals surface area contributed by atoms with Gasteiger partial charge in [0.1, 0.15) is 24.0 Å². The van der Waals surface area contributed by atoms with E-state index in [-0.39, 0.29) is 23.0 Å². The summed E-state index contributed by atoms with van der Waals surface area (Å²) in [7, 11) is 1.72. The van der Waals surface area contributed by atoms with Crippen molar-refractivity contribution >= 4 is 11.6 Å². The molecule has 2 atom stereocenters. The van der Waals surface area contributed by atoms with Crippen molar-refractivity contribution in [3.8, 4) is 5.75 Å². The fraction of sp³-hybridized carbons (Fsp3) is 0.438. The van der Waals surface area contributed by atoms with E-state index in [1.807, 2.05) is 6.20 Å². The minimum Gasteiger partial charge on any atom is -0.491 e. The molecule has 0 aliphatic carbocycles. The maximum absolute atomic E-state index is 13.0. The Morgan fingerprint density at radius 3 is 3.04 bits per heavy atom. The molecule has 5 nitrogen and oxygen atoms in total. The highest BCUT2D eigenvalue weighted by Gasteiger charge is 2.34. The fourth-order valence-corrected chi connectivity index (χ4v) is 3.11. The molecule has 0 bridgehead atoms. The number of methoxy groups -OCH3 is 1. The summed E-state index contributed by atoms with van der Waals surface area (Å²) in [5.41, 5.74) is 0. The molecule has 1 N–H and O–H groups in total. The third-order valence-corrected chi connectivity index (χ3v) is 4.36. The van der Waals surface area contributed by atoms with Crippen molar-refractivity contribution in [3.05, 3.63) is 47.3 Å². The Morgan fingerprint density at radius 2 is 2.35 bits per heavy atom. The minimum absolute atomic E-state index is 0.180. The van der Waals surface area contributed by atoms with Crippen molar-refractivity contribution in [1.29, 1.82) is 0 Å². The van der Waals surface area contributed by atoms with E-state index >= 15 is 0 Å². The molecule has 1 saturated heterocycles.